The highest BCUT2D eigenvalue weighted by Crippen LogP contribution is 2.16. The molecule has 0 bridgehead atoms. The van der Waals surface area contributed by atoms with E-state index in [1.807, 2.05) is 24.3 Å². The summed E-state index contributed by atoms with van der Waals surface area (Å²) in [5, 5.41) is 0. The number of nitrogens with zero attached hydrogens (tertiary/aromatic N) is 1. The standard InChI is InChI=1S/C20H22FNO4/c1-24-18-4-2-3-15(11-18)12-20(23)22-9-10-25-19(13-22)14-26-17-7-5-16(21)6-8-17/h2-8,11,19H,9-10,12-14H2,1H3. The maximum Gasteiger partial charge on any atom is 0.227 e. The molecule has 1 fully saturated rings. The molecule has 1 atom stereocenters. The molecule has 1 heterocycles. The number of carbonyl (C=O) groups excluding carboxylic acids is 1. The summed E-state index contributed by atoms with van der Waals surface area (Å²) in [4.78, 5) is 14.4. The van der Waals surface area contributed by atoms with Crippen molar-refractivity contribution in [1.29, 1.82) is 0 Å². The molecule has 138 valence electrons. The molecule has 1 amide bonds. The zero-order valence-electron chi connectivity index (χ0n) is 14.7. The molecule has 1 aliphatic heterocycles. The predicted molar refractivity (Wildman–Crippen MR) is 94.9 cm³/mol. The van der Waals surface area contributed by atoms with Gasteiger partial charge in [0.25, 0.3) is 0 Å². The van der Waals surface area contributed by atoms with Crippen LogP contribution in [0.1, 0.15) is 5.56 Å². The normalized spacial score (nSPS) is 17.0. The third-order valence-electron chi connectivity index (χ3n) is 4.23. The molecule has 1 aliphatic rings. The second-order valence-corrected chi connectivity index (χ2v) is 6.13. The molecular formula is C20H22FNO4. The Morgan fingerprint density at radius 2 is 2.04 bits per heavy atom. The predicted octanol–water partition coefficient (Wildman–Crippen LogP) is 2.68. The van der Waals surface area contributed by atoms with Crippen molar-refractivity contribution in [3.8, 4) is 11.5 Å². The minimum absolute atomic E-state index is 0.0494. The van der Waals surface area contributed by atoms with Crippen molar-refractivity contribution in [1.82, 2.24) is 4.90 Å². The maximum absolute atomic E-state index is 12.9. The van der Waals surface area contributed by atoms with Crippen LogP contribution in [0, 0.1) is 5.82 Å². The monoisotopic (exact) mass is 359 g/mol. The molecule has 2 aromatic carbocycles. The molecular weight excluding hydrogens is 337 g/mol. The lowest BCUT2D eigenvalue weighted by Crippen LogP contribution is -2.48. The van der Waals surface area contributed by atoms with Gasteiger partial charge in [-0.15, -0.1) is 0 Å². The third kappa shape index (κ3) is 4.95. The smallest absolute Gasteiger partial charge is 0.227 e. The molecule has 0 aliphatic carbocycles. The van der Waals surface area contributed by atoms with Crippen molar-refractivity contribution >= 4 is 5.91 Å². The van der Waals surface area contributed by atoms with Crippen LogP contribution in [0.2, 0.25) is 0 Å². The first kappa shape index (κ1) is 18.2. The summed E-state index contributed by atoms with van der Waals surface area (Å²) in [6.07, 6.45) is 0.117. The van der Waals surface area contributed by atoms with E-state index in [0.29, 0.717) is 38.5 Å². The third-order valence-corrected chi connectivity index (χ3v) is 4.23. The topological polar surface area (TPSA) is 48.0 Å². The van der Waals surface area contributed by atoms with Gasteiger partial charge in [0, 0.05) is 6.54 Å². The van der Waals surface area contributed by atoms with Crippen LogP contribution in [0.25, 0.3) is 0 Å². The Hall–Kier alpha value is -2.60. The van der Waals surface area contributed by atoms with Crippen LogP contribution in [0.4, 0.5) is 4.39 Å². The summed E-state index contributed by atoms with van der Waals surface area (Å²) >= 11 is 0. The highest BCUT2D eigenvalue weighted by molar-refractivity contribution is 5.79. The average Bonchev–Trinajstić information content (AvgIpc) is 2.68. The Bertz CT molecular complexity index is 735. The molecule has 0 spiro atoms. The van der Waals surface area contributed by atoms with Gasteiger partial charge in [0.1, 0.15) is 30.0 Å². The summed E-state index contributed by atoms with van der Waals surface area (Å²) in [6, 6.07) is 13.4. The Morgan fingerprint density at radius 3 is 2.81 bits per heavy atom. The molecule has 1 unspecified atom stereocenters. The molecule has 6 heteroatoms. The van der Waals surface area contributed by atoms with Gasteiger partial charge in [-0.2, -0.15) is 0 Å². The number of hydrogen-bond donors (Lipinski definition) is 0. The highest BCUT2D eigenvalue weighted by atomic mass is 19.1. The van der Waals surface area contributed by atoms with E-state index in [-0.39, 0.29) is 17.8 Å². The molecule has 0 saturated carbocycles. The largest absolute Gasteiger partial charge is 0.497 e. The molecule has 26 heavy (non-hydrogen) atoms. The van der Waals surface area contributed by atoms with E-state index in [0.717, 1.165) is 11.3 Å². The fraction of sp³-hybridized carbons (Fsp3) is 0.350. The molecule has 5 nitrogen and oxygen atoms in total. The van der Waals surface area contributed by atoms with Crippen LogP contribution in [0.15, 0.2) is 48.5 Å². The fourth-order valence-corrected chi connectivity index (χ4v) is 2.84. The number of carbonyl (C=O) groups is 1. The number of morpholine rings is 1. The van der Waals surface area contributed by atoms with E-state index in [4.69, 9.17) is 14.2 Å². The van der Waals surface area contributed by atoms with Crippen molar-refractivity contribution in [3.63, 3.8) is 0 Å². The Labute approximate surface area is 152 Å². The number of halogens is 1. The highest BCUT2D eigenvalue weighted by Gasteiger charge is 2.24. The minimum Gasteiger partial charge on any atom is -0.497 e. The number of ether oxygens (including phenoxy) is 3. The van der Waals surface area contributed by atoms with Crippen LogP contribution in [0.3, 0.4) is 0 Å². The van der Waals surface area contributed by atoms with Crippen molar-refractivity contribution in [2.45, 2.75) is 12.5 Å². The summed E-state index contributed by atoms with van der Waals surface area (Å²) < 4.78 is 29.4. The van der Waals surface area contributed by atoms with Gasteiger partial charge in [0.15, 0.2) is 0 Å². The van der Waals surface area contributed by atoms with Crippen molar-refractivity contribution in [2.24, 2.45) is 0 Å². The zero-order chi connectivity index (χ0) is 18.4. The first-order valence-corrected chi connectivity index (χ1v) is 8.55. The molecule has 2 aromatic rings. The quantitative estimate of drug-likeness (QED) is 0.796. The number of amides is 1. The van der Waals surface area contributed by atoms with Crippen LogP contribution in [0.5, 0.6) is 11.5 Å². The van der Waals surface area contributed by atoms with Crippen molar-refractivity contribution in [2.75, 3.05) is 33.4 Å². The minimum atomic E-state index is -0.305. The molecule has 0 N–H and O–H groups in total. The van der Waals surface area contributed by atoms with Gasteiger partial charge in [-0.25, -0.2) is 4.39 Å². The number of hydrogen-bond acceptors (Lipinski definition) is 4. The maximum atomic E-state index is 12.9. The Morgan fingerprint density at radius 1 is 1.23 bits per heavy atom. The Balaban J connectivity index is 1.52. The van der Waals surface area contributed by atoms with Gasteiger partial charge < -0.3 is 19.1 Å². The van der Waals surface area contributed by atoms with Gasteiger partial charge in [0.2, 0.25) is 5.91 Å². The second kappa shape index (κ2) is 8.67. The summed E-state index contributed by atoms with van der Waals surface area (Å²) in [7, 11) is 1.61. The van der Waals surface area contributed by atoms with E-state index in [9.17, 15) is 9.18 Å². The lowest BCUT2D eigenvalue weighted by Gasteiger charge is -2.33. The van der Waals surface area contributed by atoms with E-state index in [1.54, 1.807) is 24.1 Å². The van der Waals surface area contributed by atoms with Gasteiger partial charge in [-0.05, 0) is 42.0 Å². The average molecular weight is 359 g/mol. The number of methoxy groups -OCH3 is 1. The van der Waals surface area contributed by atoms with E-state index >= 15 is 0 Å². The van der Waals surface area contributed by atoms with Crippen LogP contribution in [-0.4, -0.2) is 50.3 Å². The SMILES string of the molecule is COc1cccc(CC(=O)N2CCOC(COc3ccc(F)cc3)C2)c1. The molecule has 0 radical (unpaired) electrons. The molecule has 3 rings (SSSR count). The zero-order valence-corrected chi connectivity index (χ0v) is 14.7. The van der Waals surface area contributed by atoms with Gasteiger partial charge in [-0.1, -0.05) is 12.1 Å². The van der Waals surface area contributed by atoms with E-state index < -0.39 is 0 Å². The van der Waals surface area contributed by atoms with Crippen LogP contribution < -0.4 is 9.47 Å². The van der Waals surface area contributed by atoms with Gasteiger partial charge in [0.05, 0.1) is 26.7 Å². The van der Waals surface area contributed by atoms with Gasteiger partial charge >= 0.3 is 0 Å². The molecule has 1 saturated heterocycles. The van der Waals surface area contributed by atoms with E-state index in [1.165, 1.54) is 12.1 Å². The fourth-order valence-electron chi connectivity index (χ4n) is 2.84. The Kier molecular flexibility index (Phi) is 6.07. The van der Waals surface area contributed by atoms with Crippen molar-refractivity contribution in [3.05, 3.63) is 59.9 Å². The molecule has 0 aromatic heterocycles. The first-order chi connectivity index (χ1) is 12.6. The summed E-state index contributed by atoms with van der Waals surface area (Å²) in [5.41, 5.74) is 0.917. The lowest BCUT2D eigenvalue weighted by atomic mass is 10.1. The second-order valence-electron chi connectivity index (χ2n) is 6.13. The number of benzene rings is 2. The summed E-state index contributed by atoms with van der Waals surface area (Å²) in [5.74, 6) is 1.06. The van der Waals surface area contributed by atoms with Gasteiger partial charge in [-0.3, -0.25) is 4.79 Å². The van der Waals surface area contributed by atoms with Crippen LogP contribution in [-0.2, 0) is 16.0 Å². The number of rotatable bonds is 6. The van der Waals surface area contributed by atoms with Crippen molar-refractivity contribution < 1.29 is 23.4 Å². The lowest BCUT2D eigenvalue weighted by molar-refractivity contribution is -0.139. The van der Waals surface area contributed by atoms with Crippen LogP contribution >= 0.6 is 0 Å². The first-order valence-electron chi connectivity index (χ1n) is 8.55. The summed E-state index contributed by atoms with van der Waals surface area (Å²) in [6.45, 7) is 1.83. The van der Waals surface area contributed by atoms with E-state index in [2.05, 4.69) is 0 Å².